The molecule has 3 rings (SSSR count). The summed E-state index contributed by atoms with van der Waals surface area (Å²) in [6, 6.07) is 2.51. The first-order valence-electron chi connectivity index (χ1n) is 11.6. The van der Waals surface area contributed by atoms with Gasteiger partial charge < -0.3 is 19.3 Å². The molecule has 2 atom stereocenters. The molecule has 1 amide bonds. The monoisotopic (exact) mass is 550 g/mol. The van der Waals surface area contributed by atoms with Crippen molar-refractivity contribution in [2.75, 3.05) is 23.5 Å². The van der Waals surface area contributed by atoms with Gasteiger partial charge in [-0.15, -0.1) is 0 Å². The van der Waals surface area contributed by atoms with Gasteiger partial charge in [0.05, 0.1) is 11.9 Å². The van der Waals surface area contributed by atoms with Crippen molar-refractivity contribution in [1.82, 2.24) is 19.7 Å². The first kappa shape index (κ1) is 26.5. The average molecular weight is 552 g/mol. The molecule has 0 fully saturated rings. The van der Waals surface area contributed by atoms with Gasteiger partial charge in [0, 0.05) is 34.0 Å². The van der Waals surface area contributed by atoms with Gasteiger partial charge in [-0.2, -0.15) is 5.10 Å². The fourth-order valence-corrected chi connectivity index (χ4v) is 5.34. The van der Waals surface area contributed by atoms with Crippen LogP contribution in [0.25, 0.3) is 0 Å². The van der Waals surface area contributed by atoms with Crippen molar-refractivity contribution >= 4 is 47.7 Å². The minimum absolute atomic E-state index is 0.00841. The molecule has 0 radical (unpaired) electrons. The molecule has 0 aromatic carbocycles. The molecule has 0 bridgehead atoms. The lowest BCUT2D eigenvalue weighted by Crippen LogP contribution is -2.55. The molecule has 34 heavy (non-hydrogen) atoms. The topological polar surface area (TPSA) is 93.5 Å². The number of fused-ring (bicyclic) bond motifs is 1. The van der Waals surface area contributed by atoms with Crippen LogP contribution in [0.15, 0.2) is 18.5 Å². The van der Waals surface area contributed by atoms with E-state index in [1.165, 1.54) is 0 Å². The summed E-state index contributed by atoms with van der Waals surface area (Å²) < 4.78 is 6.21. The van der Waals surface area contributed by atoms with Crippen LogP contribution >= 0.6 is 15.9 Å². The molecule has 2 aromatic rings. The molecule has 3 heterocycles. The van der Waals surface area contributed by atoms with Gasteiger partial charge >= 0.3 is 0 Å². The number of carbonyl (C=O) groups is 2. The van der Waals surface area contributed by atoms with Gasteiger partial charge in [0.1, 0.15) is 18.5 Å². The van der Waals surface area contributed by atoms with E-state index in [0.29, 0.717) is 30.2 Å². The smallest absolute Gasteiger partial charge is 0.249 e. The standard InChI is InChI=1S/C23H35BrN6O3Si/c1-8-17-21(32)28(4)18-13-25-22(27-20(18)30(17)16(2)3)23(24,14-31)19-9-10-26-29(19)15-33-11-12-34(5,6)7/h9-10,13-14,16-17H,8,11-12,15H2,1-7H3/t17-,23?/m1/s1. The number of hydrogen-bond donors (Lipinski definition) is 0. The number of amides is 1. The lowest BCUT2D eigenvalue weighted by molar-refractivity contribution is -0.120. The predicted octanol–water partition coefficient (Wildman–Crippen LogP) is 3.79. The van der Waals surface area contributed by atoms with Gasteiger partial charge in [0.15, 0.2) is 22.3 Å². The zero-order valence-corrected chi connectivity index (χ0v) is 23.7. The zero-order valence-electron chi connectivity index (χ0n) is 21.1. The van der Waals surface area contributed by atoms with E-state index in [4.69, 9.17) is 9.72 Å². The Bertz CT molecular complexity index is 1040. The molecule has 1 unspecified atom stereocenters. The minimum Gasteiger partial charge on any atom is -0.360 e. The molecule has 0 saturated heterocycles. The van der Waals surface area contributed by atoms with Gasteiger partial charge in [-0.1, -0.05) is 42.5 Å². The van der Waals surface area contributed by atoms with E-state index in [0.717, 1.165) is 12.3 Å². The van der Waals surface area contributed by atoms with Crippen LogP contribution < -0.4 is 9.80 Å². The van der Waals surface area contributed by atoms with E-state index >= 15 is 0 Å². The summed E-state index contributed by atoms with van der Waals surface area (Å²) in [5, 5.41) is 4.36. The summed E-state index contributed by atoms with van der Waals surface area (Å²) in [7, 11) is 0.523. The largest absolute Gasteiger partial charge is 0.360 e. The Morgan fingerprint density at radius 2 is 2.03 bits per heavy atom. The van der Waals surface area contributed by atoms with E-state index < -0.39 is 12.4 Å². The van der Waals surface area contributed by atoms with Gasteiger partial charge in [0.25, 0.3) is 0 Å². The number of anilines is 2. The lowest BCUT2D eigenvalue weighted by Gasteiger charge is -2.42. The van der Waals surface area contributed by atoms with E-state index in [9.17, 15) is 9.59 Å². The van der Waals surface area contributed by atoms with Crippen LogP contribution in [0.4, 0.5) is 11.5 Å². The normalized spacial score (nSPS) is 18.3. The molecule has 9 nitrogen and oxygen atoms in total. The number of hydrogen-bond acceptors (Lipinski definition) is 7. The van der Waals surface area contributed by atoms with Crippen LogP contribution in [0.1, 0.15) is 38.7 Å². The highest BCUT2D eigenvalue weighted by molar-refractivity contribution is 9.10. The fraction of sp³-hybridized carbons (Fsp3) is 0.609. The van der Waals surface area contributed by atoms with Crippen LogP contribution in [0.5, 0.6) is 0 Å². The maximum absolute atomic E-state index is 12.9. The number of aromatic nitrogens is 4. The molecular weight excluding hydrogens is 516 g/mol. The maximum atomic E-state index is 12.9. The van der Waals surface area contributed by atoms with Crippen molar-refractivity contribution < 1.29 is 14.3 Å². The van der Waals surface area contributed by atoms with Crippen molar-refractivity contribution in [2.45, 2.75) is 76.0 Å². The van der Waals surface area contributed by atoms with Crippen LogP contribution in [0.2, 0.25) is 25.7 Å². The number of aldehydes is 1. The third kappa shape index (κ3) is 5.11. The zero-order chi connectivity index (χ0) is 25.3. The molecule has 2 aromatic heterocycles. The molecule has 0 saturated carbocycles. The minimum atomic E-state index is -1.31. The molecular formula is C23H35BrN6O3Si. The summed E-state index contributed by atoms with van der Waals surface area (Å²) in [6.45, 7) is 13.8. The predicted molar refractivity (Wildman–Crippen MR) is 139 cm³/mol. The van der Waals surface area contributed by atoms with Crippen LogP contribution in [-0.2, 0) is 25.4 Å². The maximum Gasteiger partial charge on any atom is 0.249 e. The number of likely N-dealkylation sites (N-methyl/N-ethyl adjacent to an activating group) is 1. The van der Waals surface area contributed by atoms with Gasteiger partial charge in [-0.3, -0.25) is 4.79 Å². The number of halogens is 1. The van der Waals surface area contributed by atoms with Gasteiger partial charge in [-0.05, 0) is 32.4 Å². The number of rotatable bonds is 10. The lowest BCUT2D eigenvalue weighted by atomic mass is 10.0. The summed E-state index contributed by atoms with van der Waals surface area (Å²) in [6.07, 6.45) is 4.67. The SMILES string of the molecule is CC[C@@H]1C(=O)N(C)c2cnc(C(Br)(C=O)c3ccnn3COCC[Si](C)(C)C)nc2N1C(C)C. The highest BCUT2D eigenvalue weighted by atomic mass is 79.9. The van der Waals surface area contributed by atoms with E-state index in [1.807, 2.05) is 25.7 Å². The summed E-state index contributed by atoms with van der Waals surface area (Å²) >= 11 is 3.61. The molecule has 1 aliphatic heterocycles. The third-order valence-corrected chi connectivity index (χ3v) is 8.69. The first-order valence-corrected chi connectivity index (χ1v) is 16.1. The molecule has 0 N–H and O–H groups in total. The Kier molecular flexibility index (Phi) is 7.98. The van der Waals surface area contributed by atoms with E-state index in [1.54, 1.807) is 35.1 Å². The Labute approximate surface area is 211 Å². The number of nitrogens with zero attached hydrogens (tertiary/aromatic N) is 6. The van der Waals surface area contributed by atoms with Crippen molar-refractivity contribution in [3.05, 3.63) is 30.0 Å². The second-order valence-corrected chi connectivity index (χ2v) is 17.0. The van der Waals surface area contributed by atoms with Crippen LogP contribution in [0.3, 0.4) is 0 Å². The van der Waals surface area contributed by atoms with Crippen molar-refractivity contribution in [3.63, 3.8) is 0 Å². The average Bonchev–Trinajstić information content (AvgIpc) is 3.26. The van der Waals surface area contributed by atoms with Crippen LogP contribution in [-0.4, -0.2) is 65.8 Å². The van der Waals surface area contributed by atoms with E-state index in [2.05, 4.69) is 45.7 Å². The van der Waals surface area contributed by atoms with Crippen LogP contribution in [0, 0.1) is 0 Å². The number of carbonyl (C=O) groups excluding carboxylic acids is 2. The van der Waals surface area contributed by atoms with Crippen molar-refractivity contribution in [3.8, 4) is 0 Å². The van der Waals surface area contributed by atoms with Crippen molar-refractivity contribution in [1.29, 1.82) is 0 Å². The summed E-state index contributed by atoms with van der Waals surface area (Å²) in [5.41, 5.74) is 1.20. The van der Waals surface area contributed by atoms with Crippen molar-refractivity contribution in [2.24, 2.45) is 0 Å². The Hall–Kier alpha value is -2.11. The molecule has 0 spiro atoms. The Balaban J connectivity index is 1.98. The first-order chi connectivity index (χ1) is 15.9. The number of alkyl halides is 1. The Morgan fingerprint density at radius 1 is 1.32 bits per heavy atom. The second kappa shape index (κ2) is 10.2. The van der Waals surface area contributed by atoms with E-state index in [-0.39, 0.29) is 30.5 Å². The molecule has 0 aliphatic carbocycles. The fourth-order valence-electron chi connectivity index (χ4n) is 4.05. The summed E-state index contributed by atoms with van der Waals surface area (Å²) in [5.74, 6) is 0.930. The van der Waals surface area contributed by atoms with Gasteiger partial charge in [0.2, 0.25) is 5.91 Å². The second-order valence-electron chi connectivity index (χ2n) is 10.1. The highest BCUT2D eigenvalue weighted by Gasteiger charge is 2.42. The Morgan fingerprint density at radius 3 is 2.62 bits per heavy atom. The molecule has 11 heteroatoms. The number of ether oxygens (including phenoxy) is 1. The third-order valence-electron chi connectivity index (χ3n) is 6.04. The summed E-state index contributed by atoms with van der Waals surface area (Å²) in [4.78, 5) is 38.4. The van der Waals surface area contributed by atoms with Gasteiger partial charge in [-0.25, -0.2) is 14.6 Å². The molecule has 1 aliphatic rings. The molecule has 186 valence electrons. The highest BCUT2D eigenvalue weighted by Crippen LogP contribution is 2.40. The quantitative estimate of drug-likeness (QED) is 0.192.